The standard InChI is InChI=1S/C15H13BrFNO2/c1-8-6-10(16)7-9(2)13(8)18-14-11(15(19)20)4-3-5-12(14)17/h3-7,18H,1-2H3,(H,19,20). The smallest absolute Gasteiger partial charge is 0.337 e. The number of hydrogen-bond acceptors (Lipinski definition) is 2. The van der Waals surface area contributed by atoms with Crippen molar-refractivity contribution in [3.63, 3.8) is 0 Å². The summed E-state index contributed by atoms with van der Waals surface area (Å²) in [7, 11) is 0. The van der Waals surface area contributed by atoms with E-state index >= 15 is 0 Å². The molecule has 0 aliphatic heterocycles. The Hall–Kier alpha value is -1.88. The molecule has 0 aromatic heterocycles. The first-order valence-corrected chi connectivity index (χ1v) is 6.75. The fraction of sp³-hybridized carbons (Fsp3) is 0.133. The largest absolute Gasteiger partial charge is 0.478 e. The third-order valence-electron chi connectivity index (χ3n) is 2.99. The van der Waals surface area contributed by atoms with Crippen LogP contribution in [0.3, 0.4) is 0 Å². The number of aromatic carboxylic acids is 1. The number of para-hydroxylation sites is 1. The molecule has 0 saturated heterocycles. The Labute approximate surface area is 124 Å². The fourth-order valence-electron chi connectivity index (χ4n) is 2.06. The van der Waals surface area contributed by atoms with E-state index < -0.39 is 11.8 Å². The maximum atomic E-state index is 13.9. The molecule has 2 aromatic carbocycles. The normalized spacial score (nSPS) is 10.4. The lowest BCUT2D eigenvalue weighted by molar-refractivity contribution is 0.0697. The zero-order valence-corrected chi connectivity index (χ0v) is 12.6. The monoisotopic (exact) mass is 337 g/mol. The first kappa shape index (κ1) is 14.5. The molecule has 0 fully saturated rings. The van der Waals surface area contributed by atoms with E-state index in [1.54, 1.807) is 0 Å². The molecule has 104 valence electrons. The molecule has 2 rings (SSSR count). The third kappa shape index (κ3) is 2.82. The van der Waals surface area contributed by atoms with E-state index in [0.29, 0.717) is 5.69 Å². The quantitative estimate of drug-likeness (QED) is 0.857. The second-order valence-corrected chi connectivity index (χ2v) is 5.42. The summed E-state index contributed by atoms with van der Waals surface area (Å²) in [6.07, 6.45) is 0. The van der Waals surface area contributed by atoms with Crippen molar-refractivity contribution >= 4 is 33.3 Å². The van der Waals surface area contributed by atoms with Gasteiger partial charge in [0.25, 0.3) is 0 Å². The third-order valence-corrected chi connectivity index (χ3v) is 3.45. The highest BCUT2D eigenvalue weighted by Gasteiger charge is 2.16. The number of hydrogen-bond donors (Lipinski definition) is 2. The highest BCUT2D eigenvalue weighted by Crippen LogP contribution is 2.30. The summed E-state index contributed by atoms with van der Waals surface area (Å²) in [5.41, 5.74) is 2.40. The SMILES string of the molecule is Cc1cc(Br)cc(C)c1Nc1c(F)cccc1C(=O)O. The van der Waals surface area contributed by atoms with Crippen molar-refractivity contribution in [3.8, 4) is 0 Å². The first-order chi connectivity index (χ1) is 9.40. The van der Waals surface area contributed by atoms with Crippen LogP contribution in [0.5, 0.6) is 0 Å². The molecule has 0 unspecified atom stereocenters. The summed E-state index contributed by atoms with van der Waals surface area (Å²) in [5, 5.41) is 12.0. The molecule has 0 atom stereocenters. The lowest BCUT2D eigenvalue weighted by atomic mass is 10.1. The minimum Gasteiger partial charge on any atom is -0.478 e. The Morgan fingerprint density at radius 3 is 2.35 bits per heavy atom. The molecule has 0 bridgehead atoms. The van der Waals surface area contributed by atoms with Gasteiger partial charge in [-0.1, -0.05) is 22.0 Å². The summed E-state index contributed by atoms with van der Waals surface area (Å²) < 4.78 is 14.8. The van der Waals surface area contributed by atoms with E-state index in [1.165, 1.54) is 18.2 Å². The van der Waals surface area contributed by atoms with Crippen molar-refractivity contribution < 1.29 is 14.3 Å². The molecule has 3 nitrogen and oxygen atoms in total. The average molecular weight is 338 g/mol. The molecule has 2 aromatic rings. The molecule has 5 heteroatoms. The van der Waals surface area contributed by atoms with Crippen LogP contribution in [0.2, 0.25) is 0 Å². The van der Waals surface area contributed by atoms with Gasteiger partial charge in [-0.3, -0.25) is 0 Å². The number of carboxylic acids is 1. The van der Waals surface area contributed by atoms with E-state index in [2.05, 4.69) is 21.2 Å². The van der Waals surface area contributed by atoms with Gasteiger partial charge in [-0.15, -0.1) is 0 Å². The number of carbonyl (C=O) groups is 1. The highest BCUT2D eigenvalue weighted by molar-refractivity contribution is 9.10. The van der Waals surface area contributed by atoms with Gasteiger partial charge in [-0.2, -0.15) is 0 Å². The number of rotatable bonds is 3. The average Bonchev–Trinajstić information content (AvgIpc) is 2.34. The first-order valence-electron chi connectivity index (χ1n) is 5.95. The van der Waals surface area contributed by atoms with Gasteiger partial charge in [0.05, 0.1) is 11.3 Å². The molecule has 0 heterocycles. The van der Waals surface area contributed by atoms with Crippen LogP contribution in [-0.2, 0) is 0 Å². The van der Waals surface area contributed by atoms with Gasteiger partial charge in [0, 0.05) is 10.2 Å². The van der Waals surface area contributed by atoms with Crippen LogP contribution in [0, 0.1) is 19.7 Å². The van der Waals surface area contributed by atoms with Crippen LogP contribution in [0.4, 0.5) is 15.8 Å². The Kier molecular flexibility index (Phi) is 4.09. The summed E-state index contributed by atoms with van der Waals surface area (Å²) >= 11 is 3.39. The minimum atomic E-state index is -1.17. The van der Waals surface area contributed by atoms with Crippen molar-refractivity contribution in [2.75, 3.05) is 5.32 Å². The second-order valence-electron chi connectivity index (χ2n) is 4.51. The second kappa shape index (κ2) is 5.63. The fourth-order valence-corrected chi connectivity index (χ4v) is 2.75. The summed E-state index contributed by atoms with van der Waals surface area (Å²) in [6, 6.07) is 7.76. The van der Waals surface area contributed by atoms with Gasteiger partial charge in [0.2, 0.25) is 0 Å². The maximum Gasteiger partial charge on any atom is 0.337 e. The molecule has 2 N–H and O–H groups in total. The molecule has 20 heavy (non-hydrogen) atoms. The van der Waals surface area contributed by atoms with E-state index in [0.717, 1.165) is 15.6 Å². The number of anilines is 2. The molecular weight excluding hydrogens is 325 g/mol. The zero-order valence-electron chi connectivity index (χ0n) is 11.0. The summed E-state index contributed by atoms with van der Waals surface area (Å²) in [6.45, 7) is 3.75. The van der Waals surface area contributed by atoms with Gasteiger partial charge in [-0.25, -0.2) is 9.18 Å². The topological polar surface area (TPSA) is 49.3 Å². The molecular formula is C15H13BrFNO2. The van der Waals surface area contributed by atoms with Gasteiger partial charge >= 0.3 is 5.97 Å². The number of benzene rings is 2. The molecule has 0 aliphatic carbocycles. The van der Waals surface area contributed by atoms with Gasteiger partial charge < -0.3 is 10.4 Å². The van der Waals surface area contributed by atoms with Crippen molar-refractivity contribution in [2.24, 2.45) is 0 Å². The van der Waals surface area contributed by atoms with Crippen LogP contribution >= 0.6 is 15.9 Å². The van der Waals surface area contributed by atoms with E-state index in [9.17, 15) is 9.18 Å². The number of aryl methyl sites for hydroxylation is 2. The Bertz CT molecular complexity index is 663. The lowest BCUT2D eigenvalue weighted by Gasteiger charge is -2.15. The highest BCUT2D eigenvalue weighted by atomic mass is 79.9. The zero-order chi connectivity index (χ0) is 14.9. The van der Waals surface area contributed by atoms with Gasteiger partial charge in [0.1, 0.15) is 5.82 Å². The van der Waals surface area contributed by atoms with Crippen LogP contribution < -0.4 is 5.32 Å². The van der Waals surface area contributed by atoms with Crippen molar-refractivity contribution in [3.05, 3.63) is 57.3 Å². The summed E-state index contributed by atoms with van der Waals surface area (Å²) in [5.74, 6) is -1.76. The summed E-state index contributed by atoms with van der Waals surface area (Å²) in [4.78, 5) is 11.2. The molecule has 0 spiro atoms. The number of halogens is 2. The number of nitrogens with one attached hydrogen (secondary N) is 1. The maximum absolute atomic E-state index is 13.9. The van der Waals surface area contributed by atoms with Crippen LogP contribution in [0.1, 0.15) is 21.5 Å². The van der Waals surface area contributed by atoms with Gasteiger partial charge in [-0.05, 0) is 49.2 Å². The Balaban J connectivity index is 2.53. The molecule has 0 saturated carbocycles. The molecule has 0 amide bonds. The van der Waals surface area contributed by atoms with Crippen molar-refractivity contribution in [1.29, 1.82) is 0 Å². The van der Waals surface area contributed by atoms with E-state index in [4.69, 9.17) is 5.11 Å². The van der Waals surface area contributed by atoms with E-state index in [1.807, 2.05) is 26.0 Å². The molecule has 0 radical (unpaired) electrons. The van der Waals surface area contributed by atoms with Crippen molar-refractivity contribution in [1.82, 2.24) is 0 Å². The Morgan fingerprint density at radius 2 is 1.80 bits per heavy atom. The predicted molar refractivity (Wildman–Crippen MR) is 80.3 cm³/mol. The van der Waals surface area contributed by atoms with E-state index in [-0.39, 0.29) is 11.3 Å². The molecule has 0 aliphatic rings. The Morgan fingerprint density at radius 1 is 1.20 bits per heavy atom. The van der Waals surface area contributed by atoms with Gasteiger partial charge in [0.15, 0.2) is 0 Å². The lowest BCUT2D eigenvalue weighted by Crippen LogP contribution is -2.06. The predicted octanol–water partition coefficient (Wildman–Crippen LogP) is 4.65. The van der Waals surface area contributed by atoms with Crippen LogP contribution in [-0.4, -0.2) is 11.1 Å². The van der Waals surface area contributed by atoms with Crippen LogP contribution in [0.25, 0.3) is 0 Å². The van der Waals surface area contributed by atoms with Crippen LogP contribution in [0.15, 0.2) is 34.8 Å². The van der Waals surface area contributed by atoms with Crippen molar-refractivity contribution in [2.45, 2.75) is 13.8 Å². The number of carboxylic acid groups (broad SMARTS) is 1. The minimum absolute atomic E-state index is 0.0199.